The zero-order valence-corrected chi connectivity index (χ0v) is 13.6. The summed E-state index contributed by atoms with van der Waals surface area (Å²) >= 11 is 1.42. The lowest BCUT2D eigenvalue weighted by molar-refractivity contribution is -0.143. The van der Waals surface area contributed by atoms with Crippen molar-refractivity contribution < 1.29 is 19.1 Å². The maximum atomic E-state index is 11.7. The number of rotatable bonds is 9. The molecule has 0 bridgehead atoms. The van der Waals surface area contributed by atoms with Crippen molar-refractivity contribution in [1.82, 2.24) is 0 Å². The minimum atomic E-state index is -0.293. The van der Waals surface area contributed by atoms with Crippen molar-refractivity contribution in [2.24, 2.45) is 0 Å². The highest BCUT2D eigenvalue weighted by Gasteiger charge is 2.16. The van der Waals surface area contributed by atoms with E-state index < -0.39 is 0 Å². The van der Waals surface area contributed by atoms with Crippen LogP contribution < -0.4 is 0 Å². The molecule has 0 aliphatic carbocycles. The molecule has 0 saturated carbocycles. The second-order valence-electron chi connectivity index (χ2n) is 4.62. The Balaban J connectivity index is 2.51. The van der Waals surface area contributed by atoms with Gasteiger partial charge in [-0.1, -0.05) is 19.1 Å². The van der Waals surface area contributed by atoms with Crippen molar-refractivity contribution in [2.45, 2.75) is 36.8 Å². The van der Waals surface area contributed by atoms with Crippen molar-refractivity contribution in [1.29, 1.82) is 0 Å². The molecule has 0 fully saturated rings. The SMILES string of the molecule is CCCC(=O)c1ccc(SC(C)C(=O)OCCOC)cc1. The third kappa shape index (κ3) is 6.31. The van der Waals surface area contributed by atoms with Crippen LogP contribution in [0.3, 0.4) is 0 Å². The number of methoxy groups -OCH3 is 1. The molecular formula is C16H22O4S. The van der Waals surface area contributed by atoms with Crippen LogP contribution >= 0.6 is 11.8 Å². The first-order valence-electron chi connectivity index (χ1n) is 7.04. The van der Waals surface area contributed by atoms with E-state index in [4.69, 9.17) is 9.47 Å². The van der Waals surface area contributed by atoms with Crippen LogP contribution in [0, 0.1) is 0 Å². The molecular weight excluding hydrogens is 288 g/mol. The van der Waals surface area contributed by atoms with Gasteiger partial charge >= 0.3 is 5.97 Å². The van der Waals surface area contributed by atoms with E-state index in [1.165, 1.54) is 11.8 Å². The number of benzene rings is 1. The van der Waals surface area contributed by atoms with Crippen molar-refractivity contribution in [3.8, 4) is 0 Å². The monoisotopic (exact) mass is 310 g/mol. The highest BCUT2D eigenvalue weighted by Crippen LogP contribution is 2.24. The molecule has 1 atom stereocenters. The van der Waals surface area contributed by atoms with Gasteiger partial charge in [-0.25, -0.2) is 0 Å². The topological polar surface area (TPSA) is 52.6 Å². The van der Waals surface area contributed by atoms with Crippen LogP contribution in [0.4, 0.5) is 0 Å². The van der Waals surface area contributed by atoms with E-state index in [-0.39, 0.29) is 23.6 Å². The van der Waals surface area contributed by atoms with Crippen LogP contribution in [0.2, 0.25) is 0 Å². The van der Waals surface area contributed by atoms with Gasteiger partial charge in [-0.2, -0.15) is 0 Å². The number of ketones is 1. The molecule has 0 spiro atoms. The maximum absolute atomic E-state index is 11.7. The number of thioether (sulfide) groups is 1. The number of Topliss-reactive ketones (excluding diaryl/α,β-unsaturated/α-hetero) is 1. The molecule has 0 radical (unpaired) electrons. The number of carbonyl (C=O) groups excluding carboxylic acids is 2. The average molecular weight is 310 g/mol. The second-order valence-corrected chi connectivity index (χ2v) is 6.03. The molecule has 116 valence electrons. The van der Waals surface area contributed by atoms with E-state index >= 15 is 0 Å². The Morgan fingerprint density at radius 3 is 2.43 bits per heavy atom. The molecule has 1 unspecified atom stereocenters. The maximum Gasteiger partial charge on any atom is 0.319 e. The molecule has 0 aliphatic heterocycles. The summed E-state index contributed by atoms with van der Waals surface area (Å²) in [5.74, 6) is -0.107. The zero-order valence-electron chi connectivity index (χ0n) is 12.8. The van der Waals surface area contributed by atoms with Crippen LogP contribution in [0.5, 0.6) is 0 Å². The fraction of sp³-hybridized carbons (Fsp3) is 0.500. The lowest BCUT2D eigenvalue weighted by Crippen LogP contribution is -2.19. The first kappa shape index (κ1) is 17.7. The summed E-state index contributed by atoms with van der Waals surface area (Å²) in [4.78, 5) is 24.4. The average Bonchev–Trinajstić information content (AvgIpc) is 2.48. The summed E-state index contributed by atoms with van der Waals surface area (Å²) in [6.45, 7) is 4.46. The number of esters is 1. The molecule has 0 N–H and O–H groups in total. The van der Waals surface area contributed by atoms with E-state index in [0.717, 1.165) is 16.9 Å². The standard InChI is InChI=1S/C16H22O4S/c1-4-5-15(17)13-6-8-14(9-7-13)21-12(2)16(18)20-11-10-19-3/h6-9,12H,4-5,10-11H2,1-3H3. The number of hydrogen-bond acceptors (Lipinski definition) is 5. The number of carbonyl (C=O) groups is 2. The van der Waals surface area contributed by atoms with Gasteiger partial charge in [0.2, 0.25) is 0 Å². The predicted molar refractivity (Wildman–Crippen MR) is 83.8 cm³/mol. The molecule has 1 aromatic rings. The van der Waals surface area contributed by atoms with Gasteiger partial charge < -0.3 is 9.47 Å². The predicted octanol–water partition coefficient (Wildman–Crippen LogP) is 3.34. The highest BCUT2D eigenvalue weighted by atomic mass is 32.2. The molecule has 0 aromatic heterocycles. The first-order chi connectivity index (χ1) is 10.1. The smallest absolute Gasteiger partial charge is 0.319 e. The molecule has 0 heterocycles. The normalized spacial score (nSPS) is 12.0. The molecule has 0 saturated heterocycles. The van der Waals surface area contributed by atoms with Gasteiger partial charge in [0.25, 0.3) is 0 Å². The Labute approximate surface area is 130 Å². The van der Waals surface area contributed by atoms with Crippen LogP contribution in [-0.2, 0) is 14.3 Å². The van der Waals surface area contributed by atoms with Crippen LogP contribution in [0.15, 0.2) is 29.2 Å². The van der Waals surface area contributed by atoms with E-state index in [9.17, 15) is 9.59 Å². The molecule has 5 heteroatoms. The highest BCUT2D eigenvalue weighted by molar-refractivity contribution is 8.00. The summed E-state index contributed by atoms with van der Waals surface area (Å²) in [5.41, 5.74) is 0.719. The fourth-order valence-electron chi connectivity index (χ4n) is 1.69. The molecule has 21 heavy (non-hydrogen) atoms. The van der Waals surface area contributed by atoms with Crippen molar-refractivity contribution >= 4 is 23.5 Å². The van der Waals surface area contributed by atoms with Crippen LogP contribution in [-0.4, -0.2) is 37.3 Å². The van der Waals surface area contributed by atoms with Crippen molar-refractivity contribution in [3.05, 3.63) is 29.8 Å². The van der Waals surface area contributed by atoms with E-state index in [0.29, 0.717) is 13.0 Å². The summed E-state index contributed by atoms with van der Waals surface area (Å²) in [6.07, 6.45) is 1.41. The zero-order chi connectivity index (χ0) is 15.7. The van der Waals surface area contributed by atoms with E-state index in [1.54, 1.807) is 14.0 Å². The molecule has 4 nitrogen and oxygen atoms in total. The molecule has 1 aromatic carbocycles. The third-order valence-electron chi connectivity index (χ3n) is 2.83. The summed E-state index contributed by atoms with van der Waals surface area (Å²) in [5, 5.41) is -0.293. The van der Waals surface area contributed by atoms with Crippen LogP contribution in [0.1, 0.15) is 37.0 Å². The van der Waals surface area contributed by atoms with Gasteiger partial charge in [0, 0.05) is 24.0 Å². The largest absolute Gasteiger partial charge is 0.462 e. The van der Waals surface area contributed by atoms with E-state index in [2.05, 4.69) is 0 Å². The molecule has 1 rings (SSSR count). The quantitative estimate of drug-likeness (QED) is 0.303. The Bertz CT molecular complexity index is 456. The Hall–Kier alpha value is -1.33. The number of hydrogen-bond donors (Lipinski definition) is 0. The number of ether oxygens (including phenoxy) is 2. The van der Waals surface area contributed by atoms with Gasteiger partial charge in [-0.15, -0.1) is 11.8 Å². The fourth-order valence-corrected chi connectivity index (χ4v) is 2.55. The van der Waals surface area contributed by atoms with Gasteiger partial charge in [-0.05, 0) is 25.5 Å². The Kier molecular flexibility index (Phi) is 8.08. The Morgan fingerprint density at radius 2 is 1.86 bits per heavy atom. The third-order valence-corrected chi connectivity index (χ3v) is 3.92. The minimum Gasteiger partial charge on any atom is -0.462 e. The summed E-state index contributed by atoms with van der Waals surface area (Å²) in [6, 6.07) is 7.35. The first-order valence-corrected chi connectivity index (χ1v) is 7.92. The molecule has 0 amide bonds. The van der Waals surface area contributed by atoms with Gasteiger partial charge in [-0.3, -0.25) is 9.59 Å². The van der Waals surface area contributed by atoms with Crippen molar-refractivity contribution in [2.75, 3.05) is 20.3 Å². The van der Waals surface area contributed by atoms with Gasteiger partial charge in [0.1, 0.15) is 11.9 Å². The van der Waals surface area contributed by atoms with Gasteiger partial charge in [0.05, 0.1) is 6.61 Å². The second kappa shape index (κ2) is 9.58. The van der Waals surface area contributed by atoms with Crippen LogP contribution in [0.25, 0.3) is 0 Å². The Morgan fingerprint density at radius 1 is 1.19 bits per heavy atom. The molecule has 0 aliphatic rings. The minimum absolute atomic E-state index is 0.154. The lowest BCUT2D eigenvalue weighted by Gasteiger charge is -2.11. The van der Waals surface area contributed by atoms with E-state index in [1.807, 2.05) is 31.2 Å². The van der Waals surface area contributed by atoms with Gasteiger partial charge in [0.15, 0.2) is 5.78 Å². The lowest BCUT2D eigenvalue weighted by atomic mass is 10.1. The summed E-state index contributed by atoms with van der Waals surface area (Å²) < 4.78 is 9.90. The van der Waals surface area contributed by atoms with Crippen molar-refractivity contribution in [3.63, 3.8) is 0 Å². The summed E-state index contributed by atoms with van der Waals surface area (Å²) in [7, 11) is 1.56.